The Hall–Kier alpha value is -2.78. The number of rotatable bonds is 5. The fraction of sp³-hybridized carbons (Fsp3) is 0.316. The van der Waals surface area contributed by atoms with Gasteiger partial charge in [-0.2, -0.15) is 0 Å². The number of H-pyrrole nitrogens is 1. The number of aromatic nitrogens is 3. The zero-order chi connectivity index (χ0) is 19.5. The first kappa shape index (κ1) is 18.6. The van der Waals surface area contributed by atoms with Crippen molar-refractivity contribution >= 4 is 39.9 Å². The lowest BCUT2D eigenvalue weighted by Crippen LogP contribution is -2.43. The lowest BCUT2D eigenvalue weighted by molar-refractivity contribution is 0.416. The highest BCUT2D eigenvalue weighted by Gasteiger charge is 2.16. The molecule has 146 valence electrons. The molecule has 0 spiro atoms. The van der Waals surface area contributed by atoms with Crippen LogP contribution < -0.4 is 25.8 Å². The van der Waals surface area contributed by atoms with Gasteiger partial charge < -0.3 is 25.3 Å². The van der Waals surface area contributed by atoms with E-state index in [1.807, 2.05) is 18.4 Å². The number of thioether (sulfide) groups is 1. The van der Waals surface area contributed by atoms with Crippen molar-refractivity contribution in [2.45, 2.75) is 5.16 Å². The van der Waals surface area contributed by atoms with Crippen LogP contribution in [-0.4, -0.2) is 54.5 Å². The molecule has 9 heteroatoms. The molecule has 1 saturated heterocycles. The van der Waals surface area contributed by atoms with Gasteiger partial charge in [0.15, 0.2) is 5.16 Å². The van der Waals surface area contributed by atoms with Gasteiger partial charge in [-0.25, -0.2) is 9.97 Å². The van der Waals surface area contributed by atoms with Crippen molar-refractivity contribution in [3.05, 3.63) is 40.8 Å². The smallest absolute Gasteiger partial charge is 0.261 e. The molecule has 28 heavy (non-hydrogen) atoms. The van der Waals surface area contributed by atoms with E-state index in [2.05, 4.69) is 36.6 Å². The van der Waals surface area contributed by atoms with Crippen LogP contribution in [0.5, 0.6) is 5.75 Å². The van der Waals surface area contributed by atoms with Crippen molar-refractivity contribution in [2.75, 3.05) is 49.8 Å². The molecule has 0 radical (unpaired) electrons. The summed E-state index contributed by atoms with van der Waals surface area (Å²) >= 11 is 1.43. The highest BCUT2D eigenvalue weighted by atomic mass is 32.2. The van der Waals surface area contributed by atoms with Crippen molar-refractivity contribution in [2.24, 2.45) is 0 Å². The molecule has 1 aliphatic rings. The number of hydrogen-bond acceptors (Lipinski definition) is 8. The number of anilines is 3. The minimum Gasteiger partial charge on any atom is -0.494 e. The number of fused-ring (bicyclic) bond motifs is 1. The van der Waals surface area contributed by atoms with Crippen LogP contribution in [0, 0.1) is 0 Å². The topological polar surface area (TPSA) is 95.2 Å². The van der Waals surface area contributed by atoms with E-state index in [9.17, 15) is 4.79 Å². The highest BCUT2D eigenvalue weighted by molar-refractivity contribution is 7.98. The molecule has 1 aromatic carbocycles. The minimum absolute atomic E-state index is 0.232. The standard InChI is InChI=1S/C19H22N6O2S/c1-27-15-11-12(25-9-7-20-8-10-25)3-4-13(15)22-17-16-14(5-6-21-18(16)26)23-19(24-17)28-2/h3-6,11,20H,7-10H2,1-2H3,(H,21,26)(H,22,23,24). The van der Waals surface area contributed by atoms with Crippen molar-refractivity contribution in [3.63, 3.8) is 0 Å². The molecule has 1 fully saturated rings. The van der Waals surface area contributed by atoms with E-state index in [1.54, 1.807) is 19.4 Å². The van der Waals surface area contributed by atoms with E-state index in [0.717, 1.165) is 37.6 Å². The van der Waals surface area contributed by atoms with Gasteiger partial charge in [0.2, 0.25) is 0 Å². The lowest BCUT2D eigenvalue weighted by Gasteiger charge is -2.30. The Labute approximate surface area is 166 Å². The fourth-order valence-electron chi connectivity index (χ4n) is 3.28. The first-order valence-corrected chi connectivity index (χ1v) is 10.3. The maximum absolute atomic E-state index is 12.4. The molecule has 3 heterocycles. The van der Waals surface area contributed by atoms with Crippen LogP contribution in [0.15, 0.2) is 40.4 Å². The van der Waals surface area contributed by atoms with Crippen molar-refractivity contribution in [1.29, 1.82) is 0 Å². The molecule has 0 atom stereocenters. The summed E-state index contributed by atoms with van der Waals surface area (Å²) in [5.41, 5.74) is 2.22. The summed E-state index contributed by atoms with van der Waals surface area (Å²) in [5.74, 6) is 1.16. The van der Waals surface area contributed by atoms with Crippen LogP contribution in [0.3, 0.4) is 0 Å². The molecular formula is C19H22N6O2S. The number of piperazine rings is 1. The number of aromatic amines is 1. The molecule has 0 bridgehead atoms. The highest BCUT2D eigenvalue weighted by Crippen LogP contribution is 2.33. The fourth-order valence-corrected chi connectivity index (χ4v) is 3.65. The number of nitrogens with one attached hydrogen (secondary N) is 3. The second-order valence-electron chi connectivity index (χ2n) is 6.37. The van der Waals surface area contributed by atoms with Crippen molar-refractivity contribution < 1.29 is 4.74 Å². The van der Waals surface area contributed by atoms with Gasteiger partial charge in [-0.1, -0.05) is 11.8 Å². The van der Waals surface area contributed by atoms with Gasteiger partial charge in [0.1, 0.15) is 17.0 Å². The van der Waals surface area contributed by atoms with Crippen LogP contribution in [0.1, 0.15) is 0 Å². The predicted octanol–water partition coefficient (Wildman–Crippen LogP) is 2.20. The van der Waals surface area contributed by atoms with Gasteiger partial charge in [0, 0.05) is 44.1 Å². The van der Waals surface area contributed by atoms with Crippen LogP contribution >= 0.6 is 11.8 Å². The van der Waals surface area contributed by atoms with Crippen LogP contribution in [-0.2, 0) is 0 Å². The number of hydrogen-bond donors (Lipinski definition) is 3. The van der Waals surface area contributed by atoms with Crippen molar-refractivity contribution in [3.8, 4) is 5.75 Å². The number of pyridine rings is 1. The third kappa shape index (κ3) is 3.63. The number of ether oxygens (including phenoxy) is 1. The average molecular weight is 398 g/mol. The molecular weight excluding hydrogens is 376 g/mol. The summed E-state index contributed by atoms with van der Waals surface area (Å²) in [4.78, 5) is 26.3. The van der Waals surface area contributed by atoms with Gasteiger partial charge in [-0.15, -0.1) is 0 Å². The van der Waals surface area contributed by atoms with E-state index < -0.39 is 0 Å². The van der Waals surface area contributed by atoms with E-state index >= 15 is 0 Å². The van der Waals surface area contributed by atoms with E-state index in [1.165, 1.54) is 11.8 Å². The molecule has 1 aliphatic heterocycles. The average Bonchev–Trinajstić information content (AvgIpc) is 2.74. The molecule has 4 rings (SSSR count). The Kier molecular flexibility index (Phi) is 5.36. The Bertz CT molecular complexity index is 1050. The molecule has 3 N–H and O–H groups in total. The summed E-state index contributed by atoms with van der Waals surface area (Å²) in [5, 5.41) is 7.65. The summed E-state index contributed by atoms with van der Waals surface area (Å²) < 4.78 is 5.61. The minimum atomic E-state index is -0.232. The molecule has 0 aliphatic carbocycles. The summed E-state index contributed by atoms with van der Waals surface area (Å²) in [6.45, 7) is 3.85. The first-order chi connectivity index (χ1) is 13.7. The Morgan fingerprint density at radius 3 is 2.79 bits per heavy atom. The molecule has 0 unspecified atom stereocenters. The third-order valence-corrected chi connectivity index (χ3v) is 5.25. The van der Waals surface area contributed by atoms with E-state index in [0.29, 0.717) is 27.6 Å². The number of benzene rings is 1. The summed E-state index contributed by atoms with van der Waals surface area (Å²) in [6, 6.07) is 7.80. The molecule has 0 saturated carbocycles. The summed E-state index contributed by atoms with van der Waals surface area (Å²) in [6.07, 6.45) is 3.50. The van der Waals surface area contributed by atoms with E-state index in [4.69, 9.17) is 4.74 Å². The van der Waals surface area contributed by atoms with Crippen LogP contribution in [0.25, 0.3) is 10.9 Å². The van der Waals surface area contributed by atoms with Gasteiger partial charge in [0.05, 0.1) is 18.3 Å². The molecule has 3 aromatic rings. The Balaban J connectivity index is 1.73. The number of methoxy groups -OCH3 is 1. The maximum atomic E-state index is 12.4. The van der Waals surface area contributed by atoms with Crippen LogP contribution in [0.2, 0.25) is 0 Å². The molecule has 2 aromatic heterocycles. The van der Waals surface area contributed by atoms with Gasteiger partial charge in [0.25, 0.3) is 5.56 Å². The molecule has 8 nitrogen and oxygen atoms in total. The van der Waals surface area contributed by atoms with Gasteiger partial charge >= 0.3 is 0 Å². The Morgan fingerprint density at radius 1 is 1.21 bits per heavy atom. The van der Waals surface area contributed by atoms with Gasteiger partial charge in [-0.3, -0.25) is 4.79 Å². The predicted molar refractivity (Wildman–Crippen MR) is 113 cm³/mol. The SMILES string of the molecule is COc1cc(N2CCNCC2)ccc1Nc1nc(SC)nc2cc[nH]c(=O)c12. The quantitative estimate of drug-likeness (QED) is 0.445. The summed E-state index contributed by atoms with van der Waals surface area (Å²) in [7, 11) is 1.64. The largest absolute Gasteiger partial charge is 0.494 e. The zero-order valence-electron chi connectivity index (χ0n) is 15.8. The monoisotopic (exact) mass is 398 g/mol. The van der Waals surface area contributed by atoms with Crippen molar-refractivity contribution in [1.82, 2.24) is 20.3 Å². The van der Waals surface area contributed by atoms with Gasteiger partial charge in [-0.05, 0) is 24.5 Å². The maximum Gasteiger partial charge on any atom is 0.261 e. The second kappa shape index (κ2) is 8.07. The lowest BCUT2D eigenvalue weighted by atomic mass is 10.2. The second-order valence-corrected chi connectivity index (χ2v) is 7.15. The first-order valence-electron chi connectivity index (χ1n) is 9.04. The van der Waals surface area contributed by atoms with E-state index in [-0.39, 0.29) is 5.56 Å². The zero-order valence-corrected chi connectivity index (χ0v) is 16.6. The normalized spacial score (nSPS) is 14.3. The Morgan fingerprint density at radius 2 is 2.04 bits per heavy atom. The third-order valence-electron chi connectivity index (χ3n) is 4.70. The number of nitrogens with zero attached hydrogens (tertiary/aromatic N) is 3. The molecule has 0 amide bonds. The van der Waals surface area contributed by atoms with Crippen LogP contribution in [0.4, 0.5) is 17.2 Å².